The maximum atomic E-state index is 12.9. The summed E-state index contributed by atoms with van der Waals surface area (Å²) < 4.78 is 51.7. The third-order valence-electron chi connectivity index (χ3n) is 17.1. The first-order chi connectivity index (χ1) is 33.9. The fourth-order valence-electron chi connectivity index (χ4n) is 13.6. The number of carbonyl (C=O) groups excluding carboxylic acids is 2. The Bertz CT molecular complexity index is 2300. The second-order valence-corrected chi connectivity index (χ2v) is 20.8. The minimum absolute atomic E-state index is 0.000306. The number of carbonyl (C=O) groups is 2. The molecule has 15 nitrogen and oxygen atoms in total. The van der Waals surface area contributed by atoms with Crippen LogP contribution in [0.2, 0.25) is 0 Å². The van der Waals surface area contributed by atoms with E-state index in [-0.39, 0.29) is 31.3 Å². The van der Waals surface area contributed by atoms with E-state index in [1.807, 2.05) is 24.3 Å². The normalized spacial score (nSPS) is 30.3. The van der Waals surface area contributed by atoms with Crippen LogP contribution in [0.25, 0.3) is 0 Å². The number of methoxy groups -OCH3 is 3. The molecule has 15 heteroatoms. The van der Waals surface area contributed by atoms with Crippen LogP contribution >= 0.6 is 0 Å². The Morgan fingerprint density at radius 2 is 1.11 bits per heavy atom. The maximum Gasteiger partial charge on any atom is 0.337 e. The quantitative estimate of drug-likeness (QED) is 0.0954. The summed E-state index contributed by atoms with van der Waals surface area (Å²) in [6.07, 6.45) is 17.7. The number of unbranched alkanes of at least 4 members (excludes halogenated alkanes) is 8. The molecule has 4 heterocycles. The van der Waals surface area contributed by atoms with Crippen LogP contribution in [-0.2, 0) is 56.9 Å². The van der Waals surface area contributed by atoms with E-state index in [0.717, 1.165) is 61.9 Å². The highest BCUT2D eigenvalue weighted by Crippen LogP contribution is 2.67. The van der Waals surface area contributed by atoms with E-state index in [9.17, 15) is 19.8 Å². The molecule has 8 atom stereocenters. The van der Waals surface area contributed by atoms with Crippen molar-refractivity contribution >= 4 is 11.9 Å². The molecule has 4 aliphatic carbocycles. The van der Waals surface area contributed by atoms with Crippen molar-refractivity contribution < 1.29 is 62.4 Å². The minimum atomic E-state index is -1.03. The number of ether oxygens (including phenoxy) is 9. The summed E-state index contributed by atoms with van der Waals surface area (Å²) in [6.45, 7) is 5.37. The lowest BCUT2D eigenvalue weighted by molar-refractivity contribution is -0.170. The van der Waals surface area contributed by atoms with Crippen molar-refractivity contribution in [3.63, 3.8) is 0 Å². The van der Waals surface area contributed by atoms with E-state index in [1.165, 1.54) is 50.5 Å². The molecule has 0 saturated carbocycles. The summed E-state index contributed by atoms with van der Waals surface area (Å²) in [4.78, 5) is 30.0. The van der Waals surface area contributed by atoms with Crippen molar-refractivity contribution in [1.82, 2.24) is 9.80 Å². The van der Waals surface area contributed by atoms with Crippen LogP contribution in [0.15, 0.2) is 47.9 Å². The van der Waals surface area contributed by atoms with Gasteiger partial charge in [-0.2, -0.15) is 0 Å². The highest BCUT2D eigenvalue weighted by Gasteiger charge is 2.73. The highest BCUT2D eigenvalue weighted by molar-refractivity contribution is 5.73. The van der Waals surface area contributed by atoms with Crippen molar-refractivity contribution in [2.24, 2.45) is 0 Å². The summed E-state index contributed by atoms with van der Waals surface area (Å²) >= 11 is 0. The fraction of sp³-hybridized carbons (Fsp3) is 0.673. The van der Waals surface area contributed by atoms with Gasteiger partial charge in [-0.05, 0) is 94.7 Å². The molecule has 2 aromatic carbocycles. The summed E-state index contributed by atoms with van der Waals surface area (Å²) in [6, 6.07) is 8.02. The molecule has 2 saturated heterocycles. The average molecular weight is 973 g/mol. The second kappa shape index (κ2) is 21.1. The first-order valence-corrected chi connectivity index (χ1v) is 26.0. The highest BCUT2D eigenvalue weighted by atomic mass is 16.6. The van der Waals surface area contributed by atoms with Gasteiger partial charge in [0.25, 0.3) is 0 Å². The van der Waals surface area contributed by atoms with Gasteiger partial charge >= 0.3 is 11.9 Å². The van der Waals surface area contributed by atoms with Crippen LogP contribution in [0.5, 0.6) is 23.0 Å². The van der Waals surface area contributed by atoms with Gasteiger partial charge in [0.2, 0.25) is 0 Å². The number of likely N-dealkylation sites (N-methyl/N-ethyl adjacent to an activating group) is 2. The van der Waals surface area contributed by atoms with Gasteiger partial charge in [-0.1, -0.05) is 70.4 Å². The van der Waals surface area contributed by atoms with Crippen molar-refractivity contribution in [3.05, 3.63) is 70.2 Å². The molecule has 2 fully saturated rings. The number of esters is 2. The Hall–Kier alpha value is -4.22. The third-order valence-corrected chi connectivity index (χ3v) is 17.1. The summed E-state index contributed by atoms with van der Waals surface area (Å²) in [5.74, 6) is 2.97. The molecule has 4 aliphatic heterocycles. The van der Waals surface area contributed by atoms with Crippen LogP contribution in [0, 0.1) is 0 Å². The lowest BCUT2D eigenvalue weighted by Gasteiger charge is -2.61. The molecule has 0 amide bonds. The number of piperidine rings is 2. The van der Waals surface area contributed by atoms with Crippen LogP contribution in [0.4, 0.5) is 0 Å². The monoisotopic (exact) mass is 973 g/mol. The molecule has 10 rings (SSSR count). The zero-order chi connectivity index (χ0) is 49.3. The van der Waals surface area contributed by atoms with Gasteiger partial charge in [0, 0.05) is 49.6 Å². The van der Waals surface area contributed by atoms with Crippen LogP contribution < -0.4 is 18.9 Å². The lowest BCUT2D eigenvalue weighted by atomic mass is 9.50. The van der Waals surface area contributed by atoms with Crippen LogP contribution in [-0.4, -0.2) is 149 Å². The minimum Gasteiger partial charge on any atom is -0.493 e. The van der Waals surface area contributed by atoms with Crippen molar-refractivity contribution in [2.45, 2.75) is 156 Å². The Kier molecular flexibility index (Phi) is 15.3. The number of hydrogen-bond acceptors (Lipinski definition) is 15. The molecule has 2 spiro atoms. The van der Waals surface area contributed by atoms with Gasteiger partial charge in [0.15, 0.2) is 35.2 Å². The van der Waals surface area contributed by atoms with Gasteiger partial charge < -0.3 is 62.6 Å². The molecule has 4 bridgehead atoms. The molecule has 2 N–H and O–H groups in total. The predicted octanol–water partition coefficient (Wildman–Crippen LogP) is 6.63. The topological polar surface area (TPSA) is 164 Å². The molecule has 0 radical (unpaired) electrons. The summed E-state index contributed by atoms with van der Waals surface area (Å²) in [5.41, 5.74) is 1.13. The van der Waals surface area contributed by atoms with E-state index in [1.54, 1.807) is 21.3 Å². The number of benzene rings is 2. The first kappa shape index (κ1) is 50.7. The van der Waals surface area contributed by atoms with Gasteiger partial charge in [0.05, 0.1) is 62.7 Å². The number of aliphatic hydroxyl groups is 2. The largest absolute Gasteiger partial charge is 0.493 e. The summed E-state index contributed by atoms with van der Waals surface area (Å²) in [5, 5.41) is 24.4. The number of hydrogen-bond donors (Lipinski definition) is 2. The molecule has 0 aromatic heterocycles. The smallest absolute Gasteiger partial charge is 0.337 e. The van der Waals surface area contributed by atoms with E-state index in [0.29, 0.717) is 80.0 Å². The predicted molar refractivity (Wildman–Crippen MR) is 260 cm³/mol. The Morgan fingerprint density at radius 3 is 1.61 bits per heavy atom. The summed E-state index contributed by atoms with van der Waals surface area (Å²) in [7, 11) is 9.03. The second-order valence-electron chi connectivity index (χ2n) is 20.8. The molecule has 8 aliphatic rings. The zero-order valence-corrected chi connectivity index (χ0v) is 42.3. The number of likely N-dealkylation sites (tertiary alicyclic amines) is 2. The van der Waals surface area contributed by atoms with E-state index < -0.39 is 40.2 Å². The number of nitrogens with zero attached hydrogens (tertiary/aromatic N) is 2. The Labute approximate surface area is 413 Å². The van der Waals surface area contributed by atoms with E-state index in [2.05, 4.69) is 43.0 Å². The third kappa shape index (κ3) is 8.52. The van der Waals surface area contributed by atoms with E-state index >= 15 is 0 Å². The molecule has 2 unspecified atom stereocenters. The van der Waals surface area contributed by atoms with Gasteiger partial charge in [-0.15, -0.1) is 0 Å². The standard InChI is InChI=1S/C30H43NO5.C25H33NO8/c1-4-5-6-7-8-9-10-11-12-13-25(32)35-23-16-17-30(33)24-20-21-14-15-22(34-3)27-26(21)29(30,28(23)36-27)18-19-31(24)2;1-26-9-8-24-21-16-4-5-17(30-3)22(21)34-23(24)18(6-7-25(24,28)19(26)14-16)33-20(27)15-32-13-12-31-11-10-29-2/h14-16,24,28,33H,4-13,17-20H2,1-3H3;4-6,19,23,28H,7-15H2,1-3H3/t24-,28?,29+,30-;19-,23?,24+,25-/m11/s1. The molecular formula is C55H76N2O13. The molecule has 2 aromatic rings. The van der Waals surface area contributed by atoms with Gasteiger partial charge in [-0.3, -0.25) is 4.79 Å². The molecule has 384 valence electrons. The van der Waals surface area contributed by atoms with E-state index in [4.69, 9.17) is 42.6 Å². The molecule has 70 heavy (non-hydrogen) atoms. The maximum absolute atomic E-state index is 12.9. The first-order valence-electron chi connectivity index (χ1n) is 26.0. The Balaban J connectivity index is 0.000000174. The van der Waals surface area contributed by atoms with Gasteiger partial charge in [-0.25, -0.2) is 4.79 Å². The molecular weight excluding hydrogens is 897 g/mol. The van der Waals surface area contributed by atoms with Crippen molar-refractivity contribution in [1.29, 1.82) is 0 Å². The van der Waals surface area contributed by atoms with Crippen LogP contribution in [0.3, 0.4) is 0 Å². The lowest BCUT2D eigenvalue weighted by Crippen LogP contribution is -2.74. The SMILES string of the molecule is CCCCCCCCCCCC(=O)OC1=CC[C@@]2(O)[C@H]3Cc4ccc(OC)c5c4[C@@]2(CCN3C)C1O5.COCCOCCOCC(=O)OC1=CC[C@@]2(O)[C@H]3Cc4ccc(OC)c5c4[C@@]2(CCN3C)C1O5. The average Bonchev–Trinajstić information content (AvgIpc) is 3.90. The van der Waals surface area contributed by atoms with Crippen molar-refractivity contribution in [3.8, 4) is 23.0 Å². The van der Waals surface area contributed by atoms with Crippen molar-refractivity contribution in [2.75, 3.05) is 81.5 Å². The van der Waals surface area contributed by atoms with Gasteiger partial charge in [0.1, 0.15) is 18.1 Å². The Morgan fingerprint density at radius 1 is 0.643 bits per heavy atom. The fourth-order valence-corrected chi connectivity index (χ4v) is 13.6. The van der Waals surface area contributed by atoms with Crippen LogP contribution in [0.1, 0.15) is 119 Å². The zero-order valence-electron chi connectivity index (χ0n) is 42.3. The number of rotatable bonds is 22.